The average molecular weight is 415 g/mol. The first-order valence-corrected chi connectivity index (χ1v) is 10.2. The molecule has 6 nitrogen and oxygen atoms in total. The zero-order valence-electron chi connectivity index (χ0n) is 17.4. The Balaban J connectivity index is 1.44. The second-order valence-electron chi connectivity index (χ2n) is 7.28. The molecular weight excluding hydrogens is 388 g/mol. The number of nitrogens with one attached hydrogen (secondary N) is 1. The number of halogens is 1. The lowest BCUT2D eigenvalue weighted by Gasteiger charge is -2.12. The van der Waals surface area contributed by atoms with Crippen molar-refractivity contribution in [1.82, 2.24) is 19.9 Å². The molecule has 0 radical (unpaired) electrons. The lowest BCUT2D eigenvalue weighted by molar-refractivity contribution is -0.121. The summed E-state index contributed by atoms with van der Waals surface area (Å²) in [5.41, 5.74) is 5.87. The summed E-state index contributed by atoms with van der Waals surface area (Å²) in [4.78, 5) is 16.8. The Morgan fingerprint density at radius 2 is 2.00 bits per heavy atom. The van der Waals surface area contributed by atoms with E-state index in [9.17, 15) is 4.79 Å². The third-order valence-corrected chi connectivity index (χ3v) is 5.16. The lowest BCUT2D eigenvalue weighted by atomic mass is 10.1. The van der Waals surface area contributed by atoms with Crippen LogP contribution in [0.25, 0.3) is 5.65 Å². The topological polar surface area (TPSA) is 68.5 Å². The minimum Gasteiger partial charge on any atom is -0.493 e. The molecule has 0 saturated heterocycles. The van der Waals surface area contributed by atoms with Crippen molar-refractivity contribution in [2.75, 3.05) is 13.2 Å². The minimum absolute atomic E-state index is 0.0308. The number of fused-ring (bicyclic) bond motifs is 1. The molecule has 0 aliphatic carbocycles. The van der Waals surface area contributed by atoms with Crippen molar-refractivity contribution in [2.24, 2.45) is 0 Å². The van der Waals surface area contributed by atoms with Gasteiger partial charge in [-0.25, -0.2) is 9.50 Å². The zero-order valence-corrected chi connectivity index (χ0v) is 18.1. The number of carbonyl (C=O) groups is 1. The number of amides is 1. The molecule has 0 bridgehead atoms. The molecule has 154 valence electrons. The van der Waals surface area contributed by atoms with E-state index in [1.54, 1.807) is 0 Å². The normalized spacial score (nSPS) is 11.1. The predicted octanol–water partition coefficient (Wildman–Crippen LogP) is 4.13. The Morgan fingerprint density at radius 3 is 2.76 bits per heavy atom. The molecule has 0 aliphatic heterocycles. The summed E-state index contributed by atoms with van der Waals surface area (Å²) in [6.45, 7) is 9.05. The van der Waals surface area contributed by atoms with E-state index in [1.807, 2.05) is 56.5 Å². The molecule has 29 heavy (non-hydrogen) atoms. The number of hydrogen-bond acceptors (Lipinski definition) is 4. The Hall–Kier alpha value is -2.60. The minimum atomic E-state index is 0.0308. The summed E-state index contributed by atoms with van der Waals surface area (Å²) < 4.78 is 7.60. The number of aryl methyl sites for hydroxylation is 4. The van der Waals surface area contributed by atoms with Crippen LogP contribution in [0.5, 0.6) is 5.75 Å². The van der Waals surface area contributed by atoms with Gasteiger partial charge in [-0.05, 0) is 69.9 Å². The number of carbonyl (C=O) groups excluding carboxylic acids is 1. The highest BCUT2D eigenvalue weighted by atomic mass is 35.5. The number of hydrogen-bond donors (Lipinski definition) is 1. The molecule has 2 aromatic heterocycles. The highest BCUT2D eigenvalue weighted by Gasteiger charge is 2.12. The molecule has 3 rings (SSSR count). The molecule has 1 aromatic carbocycles. The molecule has 0 fully saturated rings. The summed E-state index contributed by atoms with van der Waals surface area (Å²) in [6, 6.07) is 7.52. The molecule has 0 aliphatic rings. The van der Waals surface area contributed by atoms with Crippen molar-refractivity contribution in [2.45, 2.75) is 47.0 Å². The largest absolute Gasteiger partial charge is 0.493 e. The summed E-state index contributed by atoms with van der Waals surface area (Å²) in [5.74, 6) is 0.853. The van der Waals surface area contributed by atoms with E-state index in [1.165, 1.54) is 0 Å². The van der Waals surface area contributed by atoms with Gasteiger partial charge in [0.1, 0.15) is 5.75 Å². The van der Waals surface area contributed by atoms with Crippen molar-refractivity contribution >= 4 is 23.2 Å². The van der Waals surface area contributed by atoms with Crippen LogP contribution in [0, 0.1) is 27.7 Å². The molecule has 1 N–H and O–H groups in total. The molecule has 7 heteroatoms. The van der Waals surface area contributed by atoms with Gasteiger partial charge in [-0.1, -0.05) is 11.6 Å². The first-order valence-electron chi connectivity index (χ1n) is 9.83. The van der Waals surface area contributed by atoms with E-state index >= 15 is 0 Å². The van der Waals surface area contributed by atoms with E-state index in [2.05, 4.69) is 15.4 Å². The zero-order chi connectivity index (χ0) is 21.0. The molecule has 0 unspecified atom stereocenters. The van der Waals surface area contributed by atoms with Crippen LogP contribution in [0.3, 0.4) is 0 Å². The van der Waals surface area contributed by atoms with Gasteiger partial charge in [0.25, 0.3) is 0 Å². The molecule has 0 atom stereocenters. The predicted molar refractivity (Wildman–Crippen MR) is 115 cm³/mol. The van der Waals surface area contributed by atoms with Gasteiger partial charge < -0.3 is 10.1 Å². The summed E-state index contributed by atoms with van der Waals surface area (Å²) >= 11 is 5.95. The molecule has 3 aromatic rings. The van der Waals surface area contributed by atoms with Gasteiger partial charge in [-0.3, -0.25) is 4.79 Å². The second kappa shape index (κ2) is 9.27. The van der Waals surface area contributed by atoms with Crippen LogP contribution in [0.2, 0.25) is 5.02 Å². The smallest absolute Gasteiger partial charge is 0.220 e. The Bertz CT molecular complexity index is 1030. The van der Waals surface area contributed by atoms with Gasteiger partial charge in [0.05, 0.1) is 12.3 Å². The van der Waals surface area contributed by atoms with Crippen LogP contribution in [0.15, 0.2) is 24.3 Å². The van der Waals surface area contributed by atoms with Crippen LogP contribution in [-0.2, 0) is 11.2 Å². The third-order valence-electron chi connectivity index (χ3n) is 4.93. The van der Waals surface area contributed by atoms with Gasteiger partial charge in [0.2, 0.25) is 5.91 Å². The van der Waals surface area contributed by atoms with Crippen molar-refractivity contribution < 1.29 is 9.53 Å². The fourth-order valence-corrected chi connectivity index (χ4v) is 3.61. The van der Waals surface area contributed by atoms with E-state index in [0.29, 0.717) is 31.0 Å². The lowest BCUT2D eigenvalue weighted by Crippen LogP contribution is -2.26. The van der Waals surface area contributed by atoms with Crippen LogP contribution < -0.4 is 10.1 Å². The molecule has 2 heterocycles. The Labute approximate surface area is 176 Å². The number of benzene rings is 1. The Kier molecular flexibility index (Phi) is 6.75. The number of nitrogens with zero attached hydrogens (tertiary/aromatic N) is 3. The van der Waals surface area contributed by atoms with Crippen molar-refractivity contribution in [3.05, 3.63) is 57.5 Å². The number of aromatic nitrogens is 3. The maximum atomic E-state index is 12.2. The van der Waals surface area contributed by atoms with Gasteiger partial charge in [0.15, 0.2) is 5.65 Å². The highest BCUT2D eigenvalue weighted by molar-refractivity contribution is 6.30. The van der Waals surface area contributed by atoms with E-state index in [0.717, 1.165) is 46.0 Å². The molecule has 0 saturated carbocycles. The molecule has 0 spiro atoms. The van der Waals surface area contributed by atoms with Gasteiger partial charge in [0, 0.05) is 35.4 Å². The van der Waals surface area contributed by atoms with E-state index in [-0.39, 0.29) is 5.91 Å². The van der Waals surface area contributed by atoms with Crippen molar-refractivity contribution in [1.29, 1.82) is 0 Å². The first-order chi connectivity index (χ1) is 13.8. The van der Waals surface area contributed by atoms with Gasteiger partial charge in [-0.2, -0.15) is 5.10 Å². The van der Waals surface area contributed by atoms with E-state index < -0.39 is 0 Å². The van der Waals surface area contributed by atoms with Gasteiger partial charge >= 0.3 is 0 Å². The molecular formula is C22H27ClN4O2. The first kappa shape index (κ1) is 21.1. The second-order valence-corrected chi connectivity index (χ2v) is 7.72. The summed E-state index contributed by atoms with van der Waals surface area (Å²) in [6.07, 6.45) is 1.81. The fraction of sp³-hybridized carbons (Fsp3) is 0.409. The summed E-state index contributed by atoms with van der Waals surface area (Å²) in [7, 11) is 0. The maximum Gasteiger partial charge on any atom is 0.220 e. The average Bonchev–Trinajstić information content (AvgIpc) is 3.03. The fourth-order valence-electron chi connectivity index (χ4n) is 3.39. The number of ether oxygens (including phenoxy) is 1. The quantitative estimate of drug-likeness (QED) is 0.562. The van der Waals surface area contributed by atoms with Crippen LogP contribution in [0.4, 0.5) is 0 Å². The van der Waals surface area contributed by atoms with Crippen molar-refractivity contribution in [3.63, 3.8) is 0 Å². The highest BCUT2D eigenvalue weighted by Crippen LogP contribution is 2.21. The van der Waals surface area contributed by atoms with Crippen LogP contribution in [-0.4, -0.2) is 33.7 Å². The number of rotatable bonds is 8. The SMILES string of the molecule is Cc1cc2nc(C)c(CCC(=O)NCCCOc3ccc(Cl)cc3C)c(C)n2n1. The summed E-state index contributed by atoms with van der Waals surface area (Å²) in [5, 5.41) is 8.14. The van der Waals surface area contributed by atoms with E-state index in [4.69, 9.17) is 16.3 Å². The maximum absolute atomic E-state index is 12.2. The monoisotopic (exact) mass is 414 g/mol. The third kappa shape index (κ3) is 5.26. The van der Waals surface area contributed by atoms with Gasteiger partial charge in [-0.15, -0.1) is 0 Å². The standard InChI is InChI=1S/C22H27ClN4O2/c1-14-12-18(23)6-8-20(14)29-11-5-10-24-22(28)9-7-19-16(3)25-21-13-15(2)26-27(21)17(19)4/h6,8,12-13H,5,7,9-11H2,1-4H3,(H,24,28). The Morgan fingerprint density at radius 1 is 1.21 bits per heavy atom. The van der Waals surface area contributed by atoms with Crippen molar-refractivity contribution in [3.8, 4) is 5.75 Å². The molecule has 1 amide bonds. The van der Waals surface area contributed by atoms with Crippen LogP contribution >= 0.6 is 11.6 Å². The van der Waals surface area contributed by atoms with Crippen LogP contribution in [0.1, 0.15) is 41.1 Å².